The molecule has 0 aromatic heterocycles. The minimum absolute atomic E-state index is 0. The predicted octanol–water partition coefficient (Wildman–Crippen LogP) is 1.77. The van der Waals surface area contributed by atoms with Crippen LogP contribution < -0.4 is 15.4 Å². The smallest absolute Gasteiger partial charge is 0.240 e. The van der Waals surface area contributed by atoms with E-state index < -0.39 is 10.0 Å². The van der Waals surface area contributed by atoms with Gasteiger partial charge in [0, 0.05) is 33.3 Å². The van der Waals surface area contributed by atoms with Gasteiger partial charge in [0.1, 0.15) is 0 Å². The molecule has 1 saturated heterocycles. The van der Waals surface area contributed by atoms with E-state index in [2.05, 4.69) is 25.2 Å². The summed E-state index contributed by atoms with van der Waals surface area (Å²) in [5, 5.41) is 6.62. The van der Waals surface area contributed by atoms with E-state index in [1.54, 1.807) is 18.2 Å². The second-order valence-electron chi connectivity index (χ2n) is 7.06. The molecular weight excluding hydrogens is 517 g/mol. The lowest BCUT2D eigenvalue weighted by atomic mass is 10.1. The van der Waals surface area contributed by atoms with Crippen molar-refractivity contribution in [3.63, 3.8) is 0 Å². The molecule has 0 bridgehead atoms. The van der Waals surface area contributed by atoms with E-state index in [-0.39, 0.29) is 35.4 Å². The van der Waals surface area contributed by atoms with Gasteiger partial charge >= 0.3 is 0 Å². The Hall–Kier alpha value is -0.950. The van der Waals surface area contributed by atoms with E-state index in [1.165, 1.54) is 39.5 Å². The quantitative estimate of drug-likeness (QED) is 0.167. The van der Waals surface area contributed by atoms with E-state index in [0.29, 0.717) is 13.2 Å². The Bertz CT molecular complexity index is 740. The van der Waals surface area contributed by atoms with Crippen molar-refractivity contribution in [3.05, 3.63) is 29.8 Å². The molecule has 30 heavy (non-hydrogen) atoms. The van der Waals surface area contributed by atoms with Crippen molar-refractivity contribution < 1.29 is 13.2 Å². The summed E-state index contributed by atoms with van der Waals surface area (Å²) in [5.41, 5.74) is 0.841. The molecule has 0 saturated carbocycles. The highest BCUT2D eigenvalue weighted by Crippen LogP contribution is 2.12. The van der Waals surface area contributed by atoms with Gasteiger partial charge in [-0.1, -0.05) is 18.6 Å². The first-order chi connectivity index (χ1) is 14.0. The van der Waals surface area contributed by atoms with Crippen LogP contribution in [0.1, 0.15) is 31.7 Å². The first kappa shape index (κ1) is 27.1. The van der Waals surface area contributed by atoms with Crippen LogP contribution in [0.3, 0.4) is 0 Å². The molecule has 0 unspecified atom stereocenters. The molecule has 1 aromatic rings. The van der Waals surface area contributed by atoms with Crippen LogP contribution in [0.4, 0.5) is 0 Å². The van der Waals surface area contributed by atoms with Crippen LogP contribution in [0.2, 0.25) is 0 Å². The van der Waals surface area contributed by atoms with Crippen LogP contribution in [0.5, 0.6) is 0 Å². The summed E-state index contributed by atoms with van der Waals surface area (Å²) < 4.78 is 32.1. The molecular formula is C20H36IN5O3S. The maximum absolute atomic E-state index is 12.4. The number of benzene rings is 1. The zero-order valence-corrected chi connectivity index (χ0v) is 21.2. The van der Waals surface area contributed by atoms with Gasteiger partial charge in [-0.25, -0.2) is 18.1 Å². The number of methoxy groups -OCH3 is 1. The van der Waals surface area contributed by atoms with Gasteiger partial charge < -0.3 is 20.3 Å². The van der Waals surface area contributed by atoms with Gasteiger partial charge in [0.25, 0.3) is 0 Å². The fraction of sp³-hybridized carbons (Fsp3) is 0.650. The molecule has 0 amide bonds. The molecule has 1 heterocycles. The van der Waals surface area contributed by atoms with Crippen LogP contribution in [0.15, 0.2) is 34.2 Å². The molecule has 1 fully saturated rings. The molecule has 10 heteroatoms. The molecule has 1 aliphatic heterocycles. The fourth-order valence-electron chi connectivity index (χ4n) is 3.20. The van der Waals surface area contributed by atoms with Crippen molar-refractivity contribution in [2.24, 2.45) is 4.99 Å². The number of likely N-dealkylation sites (tertiary alicyclic amines) is 1. The number of guanidine groups is 1. The van der Waals surface area contributed by atoms with E-state index in [9.17, 15) is 8.42 Å². The molecule has 0 atom stereocenters. The third kappa shape index (κ3) is 9.90. The summed E-state index contributed by atoms with van der Waals surface area (Å²) in [6.07, 6.45) is 3.91. The normalized spacial score (nSPS) is 15.5. The number of aliphatic imine (C=N–C) groups is 1. The monoisotopic (exact) mass is 553 g/mol. The van der Waals surface area contributed by atoms with E-state index >= 15 is 0 Å². The molecule has 8 nitrogen and oxygen atoms in total. The summed E-state index contributed by atoms with van der Waals surface area (Å²) in [6.45, 7) is 7.97. The van der Waals surface area contributed by atoms with Crippen molar-refractivity contribution in [3.8, 4) is 0 Å². The van der Waals surface area contributed by atoms with Crippen LogP contribution in [0, 0.1) is 0 Å². The molecule has 1 aromatic carbocycles. The molecule has 0 radical (unpaired) electrons. The highest BCUT2D eigenvalue weighted by Gasteiger charge is 2.14. The van der Waals surface area contributed by atoms with Gasteiger partial charge in [-0.3, -0.25) is 0 Å². The molecule has 3 N–H and O–H groups in total. The Labute approximate surface area is 198 Å². The molecule has 2 rings (SSSR count). The molecule has 172 valence electrons. The average Bonchev–Trinajstić information content (AvgIpc) is 2.73. The minimum atomic E-state index is -3.55. The number of hydrogen-bond donors (Lipinski definition) is 3. The summed E-state index contributed by atoms with van der Waals surface area (Å²) in [4.78, 5) is 7.32. The summed E-state index contributed by atoms with van der Waals surface area (Å²) >= 11 is 0. The lowest BCUT2D eigenvalue weighted by Crippen LogP contribution is -2.42. The number of rotatable bonds is 11. The van der Waals surface area contributed by atoms with Crippen molar-refractivity contribution in [2.75, 3.05) is 53.0 Å². The van der Waals surface area contributed by atoms with E-state index in [1.807, 2.05) is 13.0 Å². The van der Waals surface area contributed by atoms with Gasteiger partial charge in [-0.05, 0) is 50.6 Å². The standard InChI is InChI=1S/C20H35N5O3S.HI/c1-3-21-20(22-10-14-25-12-5-4-6-13-25)23-17-18-8-7-9-19(16-18)29(26,27)24-11-15-28-2;/h7-9,16,24H,3-6,10-15,17H2,1-2H3,(H2,21,22,23);1H. The van der Waals surface area contributed by atoms with Gasteiger partial charge in [-0.2, -0.15) is 0 Å². The summed E-state index contributed by atoms with van der Waals surface area (Å²) in [6, 6.07) is 6.88. The summed E-state index contributed by atoms with van der Waals surface area (Å²) in [5.74, 6) is 0.746. The zero-order chi connectivity index (χ0) is 21.0. The van der Waals surface area contributed by atoms with E-state index in [4.69, 9.17) is 4.74 Å². The maximum Gasteiger partial charge on any atom is 0.240 e. The zero-order valence-electron chi connectivity index (χ0n) is 18.0. The van der Waals surface area contributed by atoms with Crippen molar-refractivity contribution in [1.82, 2.24) is 20.3 Å². The van der Waals surface area contributed by atoms with Crippen molar-refractivity contribution in [1.29, 1.82) is 0 Å². The lowest BCUT2D eigenvalue weighted by molar-refractivity contribution is 0.204. The largest absolute Gasteiger partial charge is 0.383 e. The van der Waals surface area contributed by atoms with Crippen LogP contribution in [-0.2, 0) is 21.3 Å². The maximum atomic E-state index is 12.4. The number of ether oxygens (including phenoxy) is 1. The summed E-state index contributed by atoms with van der Waals surface area (Å²) in [7, 11) is -2.01. The Kier molecular flexibility index (Phi) is 13.5. The van der Waals surface area contributed by atoms with Crippen LogP contribution in [-0.4, -0.2) is 72.3 Å². The Balaban J connectivity index is 0.00000450. The van der Waals surface area contributed by atoms with Gasteiger partial charge in [0.2, 0.25) is 10.0 Å². The highest BCUT2D eigenvalue weighted by atomic mass is 127. The first-order valence-corrected chi connectivity index (χ1v) is 11.9. The molecule has 1 aliphatic rings. The number of hydrogen-bond acceptors (Lipinski definition) is 5. The Morgan fingerprint density at radius 1 is 1.17 bits per heavy atom. The van der Waals surface area contributed by atoms with Crippen LogP contribution >= 0.6 is 24.0 Å². The Morgan fingerprint density at radius 2 is 1.93 bits per heavy atom. The number of nitrogens with one attached hydrogen (secondary N) is 3. The number of piperidine rings is 1. The Morgan fingerprint density at radius 3 is 2.63 bits per heavy atom. The molecule has 0 spiro atoms. The highest BCUT2D eigenvalue weighted by molar-refractivity contribution is 14.0. The predicted molar refractivity (Wildman–Crippen MR) is 132 cm³/mol. The fourth-order valence-corrected chi connectivity index (χ4v) is 4.28. The van der Waals surface area contributed by atoms with E-state index in [0.717, 1.165) is 31.2 Å². The van der Waals surface area contributed by atoms with Crippen molar-refractivity contribution >= 4 is 40.0 Å². The third-order valence-corrected chi connectivity index (χ3v) is 6.20. The first-order valence-electron chi connectivity index (χ1n) is 10.4. The minimum Gasteiger partial charge on any atom is -0.383 e. The third-order valence-electron chi connectivity index (χ3n) is 4.74. The number of sulfonamides is 1. The molecule has 0 aliphatic carbocycles. The second-order valence-corrected chi connectivity index (χ2v) is 8.83. The van der Waals surface area contributed by atoms with Crippen LogP contribution in [0.25, 0.3) is 0 Å². The lowest BCUT2D eigenvalue weighted by Gasteiger charge is -2.26. The number of nitrogens with zero attached hydrogens (tertiary/aromatic N) is 2. The topological polar surface area (TPSA) is 95.1 Å². The SMILES string of the molecule is CCNC(=NCc1cccc(S(=O)(=O)NCCOC)c1)NCCN1CCCCC1.I. The van der Waals surface area contributed by atoms with Gasteiger partial charge in [-0.15, -0.1) is 24.0 Å². The average molecular weight is 554 g/mol. The second kappa shape index (κ2) is 15.0. The van der Waals surface area contributed by atoms with Crippen molar-refractivity contribution in [2.45, 2.75) is 37.6 Å². The number of halogens is 1. The van der Waals surface area contributed by atoms with Gasteiger partial charge in [0.15, 0.2) is 5.96 Å². The van der Waals surface area contributed by atoms with Gasteiger partial charge in [0.05, 0.1) is 18.0 Å².